The maximum Gasteiger partial charge on any atom is 0.264 e. The van der Waals surface area contributed by atoms with Crippen LogP contribution in [0.3, 0.4) is 0 Å². The molecule has 23 heavy (non-hydrogen) atoms. The highest BCUT2D eigenvalue weighted by Crippen LogP contribution is 2.07. The van der Waals surface area contributed by atoms with Crippen LogP contribution < -0.4 is 10.9 Å². The summed E-state index contributed by atoms with van der Waals surface area (Å²) in [7, 11) is 6.80. The number of aryl methyl sites for hydroxylation is 1. The van der Waals surface area contributed by atoms with Gasteiger partial charge in [0.15, 0.2) is 5.65 Å². The van der Waals surface area contributed by atoms with Gasteiger partial charge in [0.2, 0.25) is 5.91 Å². The Kier molecular flexibility index (Phi) is 5.45. The second-order valence-electron chi connectivity index (χ2n) is 5.41. The minimum Gasteiger partial charge on any atom is -0.383 e. The third kappa shape index (κ3) is 3.93. The zero-order valence-corrected chi connectivity index (χ0v) is 13.9. The molecule has 1 N–H and O–H groups in total. The van der Waals surface area contributed by atoms with E-state index in [-0.39, 0.29) is 18.0 Å². The van der Waals surface area contributed by atoms with E-state index in [9.17, 15) is 9.59 Å². The number of ether oxygens (including phenoxy) is 1. The molecule has 0 unspecified atom stereocenters. The van der Waals surface area contributed by atoms with Crippen molar-refractivity contribution in [1.82, 2.24) is 29.5 Å². The Morgan fingerprint density at radius 2 is 2.17 bits per heavy atom. The Morgan fingerprint density at radius 1 is 1.43 bits per heavy atom. The molecule has 0 bridgehead atoms. The van der Waals surface area contributed by atoms with Crippen LogP contribution in [0.2, 0.25) is 0 Å². The molecule has 0 spiro atoms. The molecule has 0 atom stereocenters. The van der Waals surface area contributed by atoms with Crippen LogP contribution in [-0.2, 0) is 30.2 Å². The number of rotatable bonds is 7. The lowest BCUT2D eigenvalue weighted by Gasteiger charge is -2.17. The first-order valence-electron chi connectivity index (χ1n) is 7.25. The molecule has 0 aliphatic heterocycles. The summed E-state index contributed by atoms with van der Waals surface area (Å²) in [6.07, 6.45) is 1.52. The predicted molar refractivity (Wildman–Crippen MR) is 85.0 cm³/mol. The lowest BCUT2D eigenvalue weighted by molar-refractivity contribution is -0.122. The Morgan fingerprint density at radius 3 is 2.87 bits per heavy atom. The highest BCUT2D eigenvalue weighted by molar-refractivity contribution is 5.78. The van der Waals surface area contributed by atoms with Crippen LogP contribution in [0.15, 0.2) is 11.0 Å². The van der Waals surface area contributed by atoms with Crippen LogP contribution in [0.5, 0.6) is 0 Å². The Bertz CT molecular complexity index is 751. The summed E-state index contributed by atoms with van der Waals surface area (Å²) >= 11 is 0. The average molecular weight is 322 g/mol. The SMILES string of the molecule is COCCNC(=O)CN(C)Cc1nc2c(cnn2C)c(=O)n1C. The minimum absolute atomic E-state index is 0.101. The fraction of sp³-hybridized carbons (Fsp3) is 0.571. The van der Waals surface area contributed by atoms with E-state index in [4.69, 9.17) is 4.74 Å². The molecular formula is C14H22N6O3. The number of nitrogens with zero attached hydrogens (tertiary/aromatic N) is 5. The lowest BCUT2D eigenvalue weighted by Crippen LogP contribution is -2.37. The van der Waals surface area contributed by atoms with Crippen LogP contribution in [0.1, 0.15) is 5.82 Å². The van der Waals surface area contributed by atoms with Crippen LogP contribution in [0, 0.1) is 0 Å². The fourth-order valence-electron chi connectivity index (χ4n) is 2.24. The van der Waals surface area contributed by atoms with Crippen molar-refractivity contribution < 1.29 is 9.53 Å². The van der Waals surface area contributed by atoms with E-state index < -0.39 is 0 Å². The molecule has 0 fully saturated rings. The van der Waals surface area contributed by atoms with E-state index in [0.717, 1.165) is 0 Å². The van der Waals surface area contributed by atoms with Gasteiger partial charge < -0.3 is 10.1 Å². The van der Waals surface area contributed by atoms with Gasteiger partial charge in [-0.05, 0) is 7.05 Å². The molecule has 2 aromatic rings. The van der Waals surface area contributed by atoms with Gasteiger partial charge in [-0.1, -0.05) is 0 Å². The molecule has 0 saturated carbocycles. The number of amides is 1. The zero-order chi connectivity index (χ0) is 17.0. The molecular weight excluding hydrogens is 300 g/mol. The molecule has 2 aromatic heterocycles. The van der Waals surface area contributed by atoms with Crippen LogP contribution >= 0.6 is 0 Å². The number of likely N-dealkylation sites (N-methyl/N-ethyl adjacent to an activating group) is 1. The molecule has 0 radical (unpaired) electrons. The number of nitrogens with one attached hydrogen (secondary N) is 1. The van der Waals surface area contributed by atoms with E-state index in [1.54, 1.807) is 37.8 Å². The number of aromatic nitrogens is 4. The maximum atomic E-state index is 12.3. The molecule has 0 aromatic carbocycles. The second-order valence-corrected chi connectivity index (χ2v) is 5.41. The average Bonchev–Trinajstić information content (AvgIpc) is 2.86. The third-order valence-electron chi connectivity index (χ3n) is 3.52. The summed E-state index contributed by atoms with van der Waals surface area (Å²) in [5, 5.41) is 7.30. The summed E-state index contributed by atoms with van der Waals surface area (Å²) in [5.41, 5.74) is 0.400. The van der Waals surface area contributed by atoms with E-state index in [2.05, 4.69) is 15.4 Å². The molecule has 0 aliphatic rings. The van der Waals surface area contributed by atoms with Crippen molar-refractivity contribution in [3.05, 3.63) is 22.4 Å². The highest BCUT2D eigenvalue weighted by Gasteiger charge is 2.14. The van der Waals surface area contributed by atoms with Crippen molar-refractivity contribution in [2.75, 3.05) is 33.9 Å². The number of hydrogen-bond acceptors (Lipinski definition) is 6. The molecule has 9 nitrogen and oxygen atoms in total. The van der Waals surface area contributed by atoms with Gasteiger partial charge in [-0.2, -0.15) is 5.10 Å². The van der Waals surface area contributed by atoms with E-state index in [1.165, 1.54) is 10.8 Å². The Hall–Kier alpha value is -2.26. The smallest absolute Gasteiger partial charge is 0.264 e. The van der Waals surface area contributed by atoms with Crippen LogP contribution in [-0.4, -0.2) is 64.0 Å². The van der Waals surface area contributed by atoms with E-state index in [0.29, 0.717) is 36.6 Å². The van der Waals surface area contributed by atoms with Crippen molar-refractivity contribution in [3.63, 3.8) is 0 Å². The summed E-state index contributed by atoms with van der Waals surface area (Å²) < 4.78 is 7.94. The molecule has 9 heteroatoms. The maximum absolute atomic E-state index is 12.3. The number of carbonyl (C=O) groups is 1. The quantitative estimate of drug-likeness (QED) is 0.648. The number of fused-ring (bicyclic) bond motifs is 1. The van der Waals surface area contributed by atoms with Crippen LogP contribution in [0.25, 0.3) is 11.0 Å². The van der Waals surface area contributed by atoms with Gasteiger partial charge in [0.25, 0.3) is 5.56 Å². The van der Waals surface area contributed by atoms with E-state index >= 15 is 0 Å². The van der Waals surface area contributed by atoms with Gasteiger partial charge in [0.05, 0.1) is 25.9 Å². The van der Waals surface area contributed by atoms with Gasteiger partial charge in [-0.3, -0.25) is 23.7 Å². The molecule has 126 valence electrons. The summed E-state index contributed by atoms with van der Waals surface area (Å²) in [5.74, 6) is 0.481. The first kappa shape index (κ1) is 17.1. The van der Waals surface area contributed by atoms with Crippen molar-refractivity contribution in [3.8, 4) is 0 Å². The molecule has 2 rings (SSSR count). The normalized spacial score (nSPS) is 11.3. The van der Waals surface area contributed by atoms with Gasteiger partial charge in [0, 0.05) is 27.7 Å². The topological polar surface area (TPSA) is 94.3 Å². The second kappa shape index (κ2) is 7.34. The Labute approximate surface area is 133 Å². The number of hydrogen-bond donors (Lipinski definition) is 1. The first-order chi connectivity index (χ1) is 10.9. The van der Waals surface area contributed by atoms with E-state index in [1.807, 2.05) is 0 Å². The van der Waals surface area contributed by atoms with Crippen molar-refractivity contribution in [2.24, 2.45) is 14.1 Å². The van der Waals surface area contributed by atoms with Gasteiger partial charge >= 0.3 is 0 Å². The molecule has 0 saturated heterocycles. The summed E-state index contributed by atoms with van der Waals surface area (Å²) in [6.45, 7) is 1.54. The van der Waals surface area contributed by atoms with Gasteiger partial charge in [-0.25, -0.2) is 4.98 Å². The zero-order valence-electron chi connectivity index (χ0n) is 13.9. The third-order valence-corrected chi connectivity index (χ3v) is 3.52. The fourth-order valence-corrected chi connectivity index (χ4v) is 2.24. The first-order valence-corrected chi connectivity index (χ1v) is 7.25. The number of methoxy groups -OCH3 is 1. The van der Waals surface area contributed by atoms with Gasteiger partial charge in [0.1, 0.15) is 11.2 Å². The Balaban J connectivity index is 2.09. The van der Waals surface area contributed by atoms with Crippen molar-refractivity contribution >= 4 is 16.9 Å². The van der Waals surface area contributed by atoms with Crippen molar-refractivity contribution in [1.29, 1.82) is 0 Å². The molecule has 1 amide bonds. The number of carbonyl (C=O) groups excluding carboxylic acids is 1. The standard InChI is InChI=1S/C14H22N6O3/c1-18(9-12(21)15-5-6-23-4)8-11-17-13-10(7-16-20(13)3)14(22)19(11)2/h7H,5-6,8-9H2,1-4H3,(H,15,21). The largest absolute Gasteiger partial charge is 0.383 e. The highest BCUT2D eigenvalue weighted by atomic mass is 16.5. The minimum atomic E-state index is -0.143. The summed E-state index contributed by atoms with van der Waals surface area (Å²) in [4.78, 5) is 30.4. The summed E-state index contributed by atoms with van der Waals surface area (Å²) in [6, 6.07) is 0. The lowest BCUT2D eigenvalue weighted by atomic mass is 10.4. The molecule has 0 aliphatic carbocycles. The molecule has 2 heterocycles. The predicted octanol–water partition coefficient (Wildman–Crippen LogP) is -1.14. The monoisotopic (exact) mass is 322 g/mol. The van der Waals surface area contributed by atoms with Crippen molar-refractivity contribution in [2.45, 2.75) is 6.54 Å². The van der Waals surface area contributed by atoms with Crippen LogP contribution in [0.4, 0.5) is 0 Å². The van der Waals surface area contributed by atoms with Gasteiger partial charge in [-0.15, -0.1) is 0 Å².